The average molecular weight is 344 g/mol. The van der Waals surface area contributed by atoms with E-state index in [2.05, 4.69) is 9.88 Å². The lowest BCUT2D eigenvalue weighted by Gasteiger charge is -2.30. The number of aromatic nitrogens is 2. The van der Waals surface area contributed by atoms with Gasteiger partial charge in [-0.2, -0.15) is 4.98 Å². The van der Waals surface area contributed by atoms with E-state index in [0.29, 0.717) is 19.1 Å². The molecule has 0 aromatic carbocycles. The van der Waals surface area contributed by atoms with E-state index in [1.165, 1.54) is 6.20 Å². The number of hydrogen-bond donors (Lipinski definition) is 2. The summed E-state index contributed by atoms with van der Waals surface area (Å²) in [6.07, 6.45) is 5.36. The number of anilines is 1. The first kappa shape index (κ1) is 16.4. The van der Waals surface area contributed by atoms with Crippen molar-refractivity contribution >= 4 is 16.7 Å². The Hall–Kier alpha value is -2.12. The Morgan fingerprint density at radius 3 is 2.68 bits per heavy atom. The van der Waals surface area contributed by atoms with E-state index in [9.17, 15) is 5.11 Å². The van der Waals surface area contributed by atoms with Crippen LogP contribution in [0.15, 0.2) is 18.3 Å². The van der Waals surface area contributed by atoms with Crippen molar-refractivity contribution in [3.63, 3.8) is 0 Å². The number of hydrogen-bond acceptors (Lipinski definition) is 7. The van der Waals surface area contributed by atoms with Crippen molar-refractivity contribution in [3.05, 3.63) is 18.3 Å². The van der Waals surface area contributed by atoms with E-state index in [4.69, 9.17) is 20.2 Å². The Bertz CT molecular complexity index is 740. The zero-order chi connectivity index (χ0) is 17.2. The van der Waals surface area contributed by atoms with Gasteiger partial charge in [0.05, 0.1) is 30.3 Å². The molecule has 7 heteroatoms. The summed E-state index contributed by atoms with van der Waals surface area (Å²) < 4.78 is 11.7. The largest absolute Gasteiger partial charge is 0.506 e. The maximum absolute atomic E-state index is 9.82. The Morgan fingerprint density at radius 1 is 1.16 bits per heavy atom. The SMILES string of the molecule is NC1CCC(Oc2nc(N3CCOCC3)cc3ncc(O)cc23)CC1. The van der Waals surface area contributed by atoms with Crippen LogP contribution < -0.4 is 15.4 Å². The Labute approximate surface area is 146 Å². The Kier molecular flexibility index (Phi) is 4.59. The highest BCUT2D eigenvalue weighted by molar-refractivity contribution is 5.86. The van der Waals surface area contributed by atoms with Crippen molar-refractivity contribution in [1.29, 1.82) is 0 Å². The molecule has 1 saturated heterocycles. The Balaban J connectivity index is 1.67. The Morgan fingerprint density at radius 2 is 1.92 bits per heavy atom. The van der Waals surface area contributed by atoms with Gasteiger partial charge in [-0.05, 0) is 31.7 Å². The van der Waals surface area contributed by atoms with E-state index >= 15 is 0 Å². The third-order valence-corrected chi connectivity index (χ3v) is 4.95. The molecule has 2 fully saturated rings. The van der Waals surface area contributed by atoms with Gasteiger partial charge in [-0.1, -0.05) is 0 Å². The quantitative estimate of drug-likeness (QED) is 0.877. The summed E-state index contributed by atoms with van der Waals surface area (Å²) in [5.74, 6) is 1.50. The number of aromatic hydroxyl groups is 1. The molecule has 25 heavy (non-hydrogen) atoms. The summed E-state index contributed by atoms with van der Waals surface area (Å²) >= 11 is 0. The lowest BCUT2D eigenvalue weighted by Crippen LogP contribution is -2.37. The normalized spacial score (nSPS) is 24.4. The van der Waals surface area contributed by atoms with E-state index in [1.807, 2.05) is 6.07 Å². The van der Waals surface area contributed by atoms with Crippen LogP contribution in [-0.2, 0) is 4.74 Å². The molecule has 1 aliphatic heterocycles. The second kappa shape index (κ2) is 7.01. The van der Waals surface area contributed by atoms with E-state index in [0.717, 1.165) is 55.5 Å². The summed E-state index contributed by atoms with van der Waals surface area (Å²) in [5, 5.41) is 10.6. The molecule has 0 spiro atoms. The van der Waals surface area contributed by atoms with Gasteiger partial charge in [-0.15, -0.1) is 0 Å². The van der Waals surface area contributed by atoms with Gasteiger partial charge in [-0.25, -0.2) is 0 Å². The van der Waals surface area contributed by atoms with Gasteiger partial charge < -0.3 is 25.2 Å². The molecule has 2 aromatic heterocycles. The standard InChI is InChI=1S/C18H24N4O3/c19-12-1-3-14(4-2-12)25-18-15-9-13(23)11-20-16(15)10-17(21-18)22-5-7-24-8-6-22/h9-12,14,23H,1-8,19H2. The highest BCUT2D eigenvalue weighted by Gasteiger charge is 2.23. The predicted octanol–water partition coefficient (Wildman–Crippen LogP) is 1.82. The van der Waals surface area contributed by atoms with Gasteiger partial charge in [0.15, 0.2) is 0 Å². The molecule has 0 atom stereocenters. The van der Waals surface area contributed by atoms with E-state index in [-0.39, 0.29) is 17.9 Å². The van der Waals surface area contributed by atoms with Crippen LogP contribution in [0.2, 0.25) is 0 Å². The molecule has 1 saturated carbocycles. The maximum Gasteiger partial charge on any atom is 0.225 e. The van der Waals surface area contributed by atoms with Crippen LogP contribution in [0.1, 0.15) is 25.7 Å². The zero-order valence-corrected chi connectivity index (χ0v) is 14.2. The van der Waals surface area contributed by atoms with Crippen LogP contribution in [0.4, 0.5) is 5.82 Å². The minimum Gasteiger partial charge on any atom is -0.506 e. The molecule has 1 aliphatic carbocycles. The van der Waals surface area contributed by atoms with Crippen molar-refractivity contribution < 1.29 is 14.6 Å². The smallest absolute Gasteiger partial charge is 0.225 e. The van der Waals surface area contributed by atoms with Crippen LogP contribution in [0.25, 0.3) is 10.9 Å². The van der Waals surface area contributed by atoms with Crippen LogP contribution in [-0.4, -0.2) is 53.5 Å². The van der Waals surface area contributed by atoms with Gasteiger partial charge in [0.1, 0.15) is 17.7 Å². The monoisotopic (exact) mass is 344 g/mol. The number of pyridine rings is 2. The lowest BCUT2D eigenvalue weighted by atomic mass is 9.94. The average Bonchev–Trinajstić information content (AvgIpc) is 2.64. The van der Waals surface area contributed by atoms with Crippen LogP contribution >= 0.6 is 0 Å². The summed E-state index contributed by atoms with van der Waals surface area (Å²) in [6.45, 7) is 2.99. The topological polar surface area (TPSA) is 93.7 Å². The zero-order valence-electron chi connectivity index (χ0n) is 14.2. The van der Waals surface area contributed by atoms with Crippen molar-refractivity contribution in [2.75, 3.05) is 31.2 Å². The molecule has 2 aromatic rings. The van der Waals surface area contributed by atoms with Crippen LogP contribution in [0, 0.1) is 0 Å². The minimum atomic E-state index is 0.109. The molecule has 2 aliphatic rings. The molecule has 0 unspecified atom stereocenters. The molecular formula is C18H24N4O3. The van der Waals surface area contributed by atoms with Crippen molar-refractivity contribution in [1.82, 2.24) is 9.97 Å². The number of rotatable bonds is 3. The van der Waals surface area contributed by atoms with E-state index in [1.54, 1.807) is 6.07 Å². The van der Waals surface area contributed by atoms with Crippen molar-refractivity contribution in [3.8, 4) is 11.6 Å². The van der Waals surface area contributed by atoms with Gasteiger partial charge in [0, 0.05) is 25.2 Å². The summed E-state index contributed by atoms with van der Waals surface area (Å²) in [6, 6.07) is 3.89. The first-order valence-corrected chi connectivity index (χ1v) is 8.94. The lowest BCUT2D eigenvalue weighted by molar-refractivity contribution is 0.122. The fourth-order valence-electron chi connectivity index (χ4n) is 3.48. The minimum absolute atomic E-state index is 0.109. The molecule has 7 nitrogen and oxygen atoms in total. The van der Waals surface area contributed by atoms with Crippen LogP contribution in [0.3, 0.4) is 0 Å². The molecule has 0 radical (unpaired) electrons. The second-order valence-corrected chi connectivity index (χ2v) is 6.80. The first-order chi connectivity index (χ1) is 12.2. The molecule has 3 heterocycles. The molecule has 134 valence electrons. The summed E-state index contributed by atoms with van der Waals surface area (Å²) in [5.41, 5.74) is 6.76. The molecule has 3 N–H and O–H groups in total. The third-order valence-electron chi connectivity index (χ3n) is 4.95. The number of fused-ring (bicyclic) bond motifs is 1. The maximum atomic E-state index is 9.82. The third kappa shape index (κ3) is 3.62. The fraction of sp³-hybridized carbons (Fsp3) is 0.556. The summed E-state index contributed by atoms with van der Waals surface area (Å²) in [7, 11) is 0. The number of nitrogens with two attached hydrogens (primary N) is 1. The van der Waals surface area contributed by atoms with Crippen molar-refractivity contribution in [2.45, 2.75) is 37.8 Å². The molecule has 0 bridgehead atoms. The van der Waals surface area contributed by atoms with E-state index < -0.39 is 0 Å². The molecule has 4 rings (SSSR count). The second-order valence-electron chi connectivity index (χ2n) is 6.80. The highest BCUT2D eigenvalue weighted by Crippen LogP contribution is 2.32. The fourth-order valence-corrected chi connectivity index (χ4v) is 3.48. The van der Waals surface area contributed by atoms with Crippen molar-refractivity contribution in [2.24, 2.45) is 5.73 Å². The summed E-state index contributed by atoms with van der Waals surface area (Å²) in [4.78, 5) is 11.3. The van der Waals surface area contributed by atoms with Gasteiger partial charge in [0.2, 0.25) is 5.88 Å². The number of morpholine rings is 1. The molecule has 0 amide bonds. The van der Waals surface area contributed by atoms with Gasteiger partial charge in [-0.3, -0.25) is 4.98 Å². The van der Waals surface area contributed by atoms with Gasteiger partial charge in [0.25, 0.3) is 0 Å². The van der Waals surface area contributed by atoms with Gasteiger partial charge >= 0.3 is 0 Å². The first-order valence-electron chi connectivity index (χ1n) is 8.94. The van der Waals surface area contributed by atoms with Crippen LogP contribution in [0.5, 0.6) is 11.6 Å². The molecular weight excluding hydrogens is 320 g/mol. The number of nitrogens with zero attached hydrogens (tertiary/aromatic N) is 3. The predicted molar refractivity (Wildman–Crippen MR) is 95.1 cm³/mol. The number of ether oxygens (including phenoxy) is 2. The highest BCUT2D eigenvalue weighted by atomic mass is 16.5.